The second-order valence-corrected chi connectivity index (χ2v) is 2.50. The van der Waals surface area contributed by atoms with E-state index in [1.54, 1.807) is 0 Å². The van der Waals surface area contributed by atoms with Crippen LogP contribution in [0.2, 0.25) is 0 Å². The zero-order chi connectivity index (χ0) is 5.28. The van der Waals surface area contributed by atoms with Crippen molar-refractivity contribution in [2.45, 2.75) is 19.8 Å². The summed E-state index contributed by atoms with van der Waals surface area (Å²) in [5, 5.41) is 8.55. The molecule has 0 heterocycles. The molecule has 1 aliphatic rings. The molecular weight excluding hydrogens is 88.1 g/mol. The van der Waals surface area contributed by atoms with Crippen molar-refractivity contribution < 1.29 is 5.11 Å². The first-order chi connectivity index (χ1) is 3.34. The van der Waals surface area contributed by atoms with Crippen molar-refractivity contribution in [3.63, 3.8) is 0 Å². The molecule has 0 bridgehead atoms. The van der Waals surface area contributed by atoms with Crippen LogP contribution < -0.4 is 0 Å². The SMILES string of the molecule is C[C@H](CO)C1CC1. The summed E-state index contributed by atoms with van der Waals surface area (Å²) in [5.74, 6) is 1.44. The molecule has 0 unspecified atom stereocenters. The van der Waals surface area contributed by atoms with Crippen molar-refractivity contribution in [1.82, 2.24) is 0 Å². The van der Waals surface area contributed by atoms with Crippen molar-refractivity contribution >= 4 is 0 Å². The first-order valence-electron chi connectivity index (χ1n) is 2.95. The van der Waals surface area contributed by atoms with Crippen LogP contribution in [-0.4, -0.2) is 11.7 Å². The van der Waals surface area contributed by atoms with Crippen molar-refractivity contribution in [2.75, 3.05) is 6.61 Å². The number of rotatable bonds is 2. The van der Waals surface area contributed by atoms with E-state index in [4.69, 9.17) is 5.11 Å². The van der Waals surface area contributed by atoms with Gasteiger partial charge < -0.3 is 5.11 Å². The summed E-state index contributed by atoms with van der Waals surface area (Å²) >= 11 is 0. The van der Waals surface area contributed by atoms with Gasteiger partial charge in [0.25, 0.3) is 0 Å². The van der Waals surface area contributed by atoms with Crippen molar-refractivity contribution in [3.8, 4) is 0 Å². The highest BCUT2D eigenvalue weighted by atomic mass is 16.3. The average molecular weight is 100 g/mol. The zero-order valence-corrected chi connectivity index (χ0v) is 4.72. The molecule has 42 valence electrons. The molecule has 1 rings (SSSR count). The number of hydrogen-bond donors (Lipinski definition) is 1. The van der Waals surface area contributed by atoms with Crippen molar-refractivity contribution in [2.24, 2.45) is 11.8 Å². The molecule has 0 aliphatic heterocycles. The third kappa shape index (κ3) is 1.16. The van der Waals surface area contributed by atoms with E-state index in [-0.39, 0.29) is 0 Å². The van der Waals surface area contributed by atoms with Crippen molar-refractivity contribution in [3.05, 3.63) is 0 Å². The highest BCUT2D eigenvalue weighted by Gasteiger charge is 2.26. The maximum Gasteiger partial charge on any atom is 0.0459 e. The lowest BCUT2D eigenvalue weighted by Crippen LogP contribution is -2.01. The molecule has 0 saturated heterocycles. The highest BCUT2D eigenvalue weighted by molar-refractivity contribution is 4.77. The maximum absolute atomic E-state index is 8.55. The quantitative estimate of drug-likeness (QED) is 0.549. The summed E-state index contributed by atoms with van der Waals surface area (Å²) in [6.45, 7) is 2.49. The molecule has 1 aliphatic carbocycles. The third-order valence-electron chi connectivity index (χ3n) is 1.71. The van der Waals surface area contributed by atoms with Gasteiger partial charge in [-0.05, 0) is 24.7 Å². The first kappa shape index (κ1) is 5.10. The summed E-state index contributed by atoms with van der Waals surface area (Å²) in [6.07, 6.45) is 2.70. The monoisotopic (exact) mass is 100 g/mol. The molecule has 0 spiro atoms. The van der Waals surface area contributed by atoms with Gasteiger partial charge in [0.05, 0.1) is 0 Å². The summed E-state index contributed by atoms with van der Waals surface area (Å²) in [4.78, 5) is 0. The number of aliphatic hydroxyl groups excluding tert-OH is 1. The topological polar surface area (TPSA) is 20.2 Å². The largest absolute Gasteiger partial charge is 0.396 e. The fourth-order valence-corrected chi connectivity index (χ4v) is 0.814. The van der Waals surface area contributed by atoms with Gasteiger partial charge in [0.2, 0.25) is 0 Å². The Morgan fingerprint density at radius 3 is 2.43 bits per heavy atom. The Morgan fingerprint density at radius 1 is 1.71 bits per heavy atom. The molecule has 1 N–H and O–H groups in total. The Labute approximate surface area is 44.4 Å². The van der Waals surface area contributed by atoms with E-state index in [9.17, 15) is 0 Å². The molecule has 1 nitrogen and oxygen atoms in total. The van der Waals surface area contributed by atoms with Gasteiger partial charge in [-0.15, -0.1) is 0 Å². The van der Waals surface area contributed by atoms with Gasteiger partial charge in [-0.25, -0.2) is 0 Å². The van der Waals surface area contributed by atoms with Crippen LogP contribution >= 0.6 is 0 Å². The molecule has 0 amide bonds. The lowest BCUT2D eigenvalue weighted by atomic mass is 10.1. The molecule has 1 fully saturated rings. The van der Waals surface area contributed by atoms with Crippen LogP contribution in [0, 0.1) is 11.8 Å². The minimum absolute atomic E-state index is 0.380. The van der Waals surface area contributed by atoms with E-state index in [1.807, 2.05) is 0 Å². The molecule has 0 radical (unpaired) electrons. The Morgan fingerprint density at radius 2 is 2.29 bits per heavy atom. The van der Waals surface area contributed by atoms with E-state index in [2.05, 4.69) is 6.92 Å². The Hall–Kier alpha value is -0.0400. The van der Waals surface area contributed by atoms with E-state index in [1.165, 1.54) is 12.8 Å². The molecular formula is C6H12O. The van der Waals surface area contributed by atoms with Crippen molar-refractivity contribution in [1.29, 1.82) is 0 Å². The lowest BCUT2D eigenvalue weighted by molar-refractivity contribution is 0.222. The summed E-state index contributed by atoms with van der Waals surface area (Å²) in [7, 11) is 0. The Kier molecular flexibility index (Phi) is 1.33. The van der Waals surface area contributed by atoms with Gasteiger partial charge in [0.1, 0.15) is 0 Å². The Bertz CT molecular complexity index is 57.2. The van der Waals surface area contributed by atoms with Gasteiger partial charge in [0, 0.05) is 6.61 Å². The first-order valence-corrected chi connectivity index (χ1v) is 2.95. The molecule has 7 heavy (non-hydrogen) atoms. The van der Waals surface area contributed by atoms with Gasteiger partial charge >= 0.3 is 0 Å². The minimum Gasteiger partial charge on any atom is -0.396 e. The molecule has 0 aromatic carbocycles. The molecule has 0 aromatic heterocycles. The van der Waals surface area contributed by atoms with Crippen LogP contribution in [0.15, 0.2) is 0 Å². The van der Waals surface area contributed by atoms with E-state index in [0.717, 1.165) is 5.92 Å². The van der Waals surface area contributed by atoms with Crippen LogP contribution in [-0.2, 0) is 0 Å². The minimum atomic E-state index is 0.380. The van der Waals surface area contributed by atoms with Crippen LogP contribution in [0.1, 0.15) is 19.8 Å². The maximum atomic E-state index is 8.55. The van der Waals surface area contributed by atoms with Crippen LogP contribution in [0.5, 0.6) is 0 Å². The predicted molar refractivity (Wildman–Crippen MR) is 29.0 cm³/mol. The fourth-order valence-electron chi connectivity index (χ4n) is 0.814. The third-order valence-corrected chi connectivity index (χ3v) is 1.71. The second kappa shape index (κ2) is 1.83. The van der Waals surface area contributed by atoms with Gasteiger partial charge in [-0.1, -0.05) is 6.92 Å². The van der Waals surface area contributed by atoms with E-state index < -0.39 is 0 Å². The van der Waals surface area contributed by atoms with Crippen LogP contribution in [0.25, 0.3) is 0 Å². The van der Waals surface area contributed by atoms with Gasteiger partial charge in [-0.3, -0.25) is 0 Å². The Balaban J connectivity index is 2.10. The standard InChI is InChI=1S/C6H12O/c1-5(4-7)6-2-3-6/h5-7H,2-4H2,1H3/t5-/m1/s1. The molecule has 1 saturated carbocycles. The summed E-state index contributed by atoms with van der Waals surface area (Å²) < 4.78 is 0. The second-order valence-electron chi connectivity index (χ2n) is 2.50. The summed E-state index contributed by atoms with van der Waals surface area (Å²) in [5.41, 5.74) is 0. The number of aliphatic hydroxyl groups is 1. The molecule has 1 heteroatoms. The van der Waals surface area contributed by atoms with E-state index >= 15 is 0 Å². The normalized spacial score (nSPS) is 24.9. The summed E-state index contributed by atoms with van der Waals surface area (Å²) in [6, 6.07) is 0. The van der Waals surface area contributed by atoms with Crippen LogP contribution in [0.3, 0.4) is 0 Å². The highest BCUT2D eigenvalue weighted by Crippen LogP contribution is 2.35. The predicted octanol–water partition coefficient (Wildman–Crippen LogP) is 1.02. The van der Waals surface area contributed by atoms with Crippen LogP contribution in [0.4, 0.5) is 0 Å². The van der Waals surface area contributed by atoms with Gasteiger partial charge in [0.15, 0.2) is 0 Å². The smallest absolute Gasteiger partial charge is 0.0459 e. The molecule has 1 atom stereocenters. The average Bonchev–Trinajstić information content (AvgIpc) is 2.44. The zero-order valence-electron chi connectivity index (χ0n) is 4.72. The fraction of sp³-hybridized carbons (Fsp3) is 1.00. The van der Waals surface area contributed by atoms with Gasteiger partial charge in [-0.2, -0.15) is 0 Å². The molecule has 0 aromatic rings. The lowest BCUT2D eigenvalue weighted by Gasteiger charge is -2.00. The number of hydrogen-bond acceptors (Lipinski definition) is 1. The van der Waals surface area contributed by atoms with E-state index in [0.29, 0.717) is 12.5 Å².